The second kappa shape index (κ2) is 7.94. The average molecular weight is 219 g/mol. The number of amidine groups is 1. The number of nitrogens with one attached hydrogen (secondary N) is 1. The van der Waals surface area contributed by atoms with Gasteiger partial charge in [0.2, 0.25) is 0 Å². The molecule has 0 heterocycles. The van der Waals surface area contributed by atoms with Gasteiger partial charge in [-0.05, 0) is 26.1 Å². The lowest BCUT2D eigenvalue weighted by molar-refractivity contribution is 0.316. The highest BCUT2D eigenvalue weighted by Crippen LogP contribution is 2.08. The molecule has 0 fully saturated rings. The summed E-state index contributed by atoms with van der Waals surface area (Å²) in [5.41, 5.74) is 5.39. The zero-order valence-corrected chi connectivity index (χ0v) is 9.97. The Morgan fingerprint density at radius 1 is 1.57 bits per heavy atom. The lowest BCUT2D eigenvalue weighted by Gasteiger charge is -2.14. The highest BCUT2D eigenvalue weighted by atomic mass is 32.2. The molecular weight excluding hydrogens is 198 g/mol. The molecule has 0 spiro atoms. The molecule has 0 amide bonds. The number of oxime groups is 1. The fourth-order valence-electron chi connectivity index (χ4n) is 1.08. The third-order valence-corrected chi connectivity index (χ3v) is 3.13. The lowest BCUT2D eigenvalue weighted by atomic mass is 10.2. The van der Waals surface area contributed by atoms with Crippen molar-refractivity contribution in [1.29, 1.82) is 0 Å². The normalized spacial score (nSPS) is 16.6. The van der Waals surface area contributed by atoms with Gasteiger partial charge in [0.1, 0.15) is 5.84 Å². The van der Waals surface area contributed by atoms with Crippen molar-refractivity contribution in [2.24, 2.45) is 10.9 Å². The first kappa shape index (κ1) is 13.6. The molecule has 0 aromatic rings. The van der Waals surface area contributed by atoms with Crippen molar-refractivity contribution < 1.29 is 5.21 Å². The molecule has 0 saturated heterocycles. The van der Waals surface area contributed by atoms with Crippen LogP contribution < -0.4 is 11.1 Å². The van der Waals surface area contributed by atoms with Gasteiger partial charge in [0, 0.05) is 17.7 Å². The first-order chi connectivity index (χ1) is 6.60. The van der Waals surface area contributed by atoms with E-state index in [4.69, 9.17) is 10.9 Å². The summed E-state index contributed by atoms with van der Waals surface area (Å²) < 4.78 is 0. The fraction of sp³-hybridized carbons (Fsp3) is 0.889. The molecule has 0 radical (unpaired) electrons. The Hall–Kier alpha value is -0.420. The van der Waals surface area contributed by atoms with Gasteiger partial charge in [0.15, 0.2) is 0 Å². The third kappa shape index (κ3) is 7.03. The predicted molar refractivity (Wildman–Crippen MR) is 63.1 cm³/mol. The summed E-state index contributed by atoms with van der Waals surface area (Å²) in [6.45, 7) is 5.21. The Labute approximate surface area is 90.3 Å². The van der Waals surface area contributed by atoms with Crippen molar-refractivity contribution in [1.82, 2.24) is 5.32 Å². The molecule has 0 aliphatic carbocycles. The second-order valence-electron chi connectivity index (χ2n) is 3.49. The first-order valence-electron chi connectivity index (χ1n) is 4.82. The van der Waals surface area contributed by atoms with Gasteiger partial charge in [-0.2, -0.15) is 11.8 Å². The number of hydrogen-bond donors (Lipinski definition) is 3. The van der Waals surface area contributed by atoms with Crippen molar-refractivity contribution in [3.63, 3.8) is 0 Å². The molecule has 84 valence electrons. The Balaban J connectivity index is 3.49. The molecule has 0 aromatic heterocycles. The molecule has 0 aliphatic rings. The van der Waals surface area contributed by atoms with E-state index in [0.29, 0.717) is 11.7 Å². The number of rotatable bonds is 7. The van der Waals surface area contributed by atoms with Gasteiger partial charge in [-0.15, -0.1) is 0 Å². The molecule has 5 heteroatoms. The third-order valence-electron chi connectivity index (χ3n) is 2.09. The quantitative estimate of drug-likeness (QED) is 0.261. The van der Waals surface area contributed by atoms with Crippen molar-refractivity contribution in [2.45, 2.75) is 38.0 Å². The van der Waals surface area contributed by atoms with Crippen molar-refractivity contribution in [3.8, 4) is 0 Å². The molecule has 0 bridgehead atoms. The van der Waals surface area contributed by atoms with Gasteiger partial charge >= 0.3 is 0 Å². The van der Waals surface area contributed by atoms with E-state index >= 15 is 0 Å². The molecule has 14 heavy (non-hydrogen) atoms. The number of hydrogen-bond acceptors (Lipinski definition) is 4. The Morgan fingerprint density at radius 2 is 2.21 bits per heavy atom. The minimum atomic E-state index is 0.264. The van der Waals surface area contributed by atoms with Crippen LogP contribution in [0.2, 0.25) is 0 Å². The van der Waals surface area contributed by atoms with E-state index in [1.165, 1.54) is 0 Å². The number of nitrogens with two attached hydrogens (primary N) is 1. The maximum Gasteiger partial charge on any atom is 0.140 e. The van der Waals surface area contributed by atoms with E-state index in [9.17, 15) is 0 Å². The van der Waals surface area contributed by atoms with Crippen molar-refractivity contribution in [2.75, 3.05) is 12.8 Å². The van der Waals surface area contributed by atoms with Crippen LogP contribution in [0.3, 0.4) is 0 Å². The molecular formula is C9H21N3OS. The lowest BCUT2D eigenvalue weighted by Crippen LogP contribution is -2.32. The summed E-state index contributed by atoms with van der Waals surface area (Å²) in [7, 11) is 0. The van der Waals surface area contributed by atoms with Crippen LogP contribution in [0.4, 0.5) is 0 Å². The van der Waals surface area contributed by atoms with Crippen LogP contribution in [0.1, 0.15) is 26.7 Å². The van der Waals surface area contributed by atoms with E-state index in [1.807, 2.05) is 18.7 Å². The molecule has 0 aromatic carbocycles. The van der Waals surface area contributed by atoms with E-state index in [-0.39, 0.29) is 11.9 Å². The highest BCUT2D eigenvalue weighted by Gasteiger charge is 2.05. The zero-order valence-electron chi connectivity index (χ0n) is 9.16. The standard InChI is InChI=1S/C9H21N3OS/c1-7(6-9(10)12-13)11-5-4-8(2)14-3/h7-8,11,13H,4-6H2,1-3H3,(H2,10,12). The summed E-state index contributed by atoms with van der Waals surface area (Å²) in [4.78, 5) is 0. The maximum absolute atomic E-state index is 8.37. The Morgan fingerprint density at radius 3 is 2.71 bits per heavy atom. The molecule has 0 rings (SSSR count). The van der Waals surface area contributed by atoms with Crippen LogP contribution in [-0.2, 0) is 0 Å². The topological polar surface area (TPSA) is 70.6 Å². The fourth-order valence-corrected chi connectivity index (χ4v) is 1.43. The van der Waals surface area contributed by atoms with Crippen LogP contribution in [0.15, 0.2) is 5.16 Å². The minimum Gasteiger partial charge on any atom is -0.409 e. The van der Waals surface area contributed by atoms with Crippen LogP contribution in [0, 0.1) is 0 Å². The van der Waals surface area contributed by atoms with Crippen molar-refractivity contribution in [3.05, 3.63) is 0 Å². The van der Waals surface area contributed by atoms with Gasteiger partial charge < -0.3 is 16.3 Å². The smallest absolute Gasteiger partial charge is 0.140 e. The van der Waals surface area contributed by atoms with Crippen molar-refractivity contribution >= 4 is 17.6 Å². The van der Waals surface area contributed by atoms with Gasteiger partial charge in [-0.3, -0.25) is 0 Å². The Bertz CT molecular complexity index is 175. The van der Waals surface area contributed by atoms with E-state index in [2.05, 4.69) is 23.7 Å². The SMILES string of the molecule is CSC(C)CCNC(C)CC(N)=NO. The highest BCUT2D eigenvalue weighted by molar-refractivity contribution is 7.99. The van der Waals surface area contributed by atoms with Crippen LogP contribution in [-0.4, -0.2) is 35.1 Å². The van der Waals surface area contributed by atoms with Crippen LogP contribution in [0.5, 0.6) is 0 Å². The first-order valence-corrected chi connectivity index (χ1v) is 6.11. The average Bonchev–Trinajstić information content (AvgIpc) is 2.17. The zero-order chi connectivity index (χ0) is 11.0. The summed E-state index contributed by atoms with van der Waals surface area (Å²) in [5.74, 6) is 0.280. The van der Waals surface area contributed by atoms with E-state index in [1.54, 1.807) is 0 Å². The number of thioether (sulfide) groups is 1. The monoisotopic (exact) mass is 219 g/mol. The van der Waals surface area contributed by atoms with Gasteiger partial charge in [-0.25, -0.2) is 0 Å². The predicted octanol–water partition coefficient (Wildman–Crippen LogP) is 1.24. The summed E-state index contributed by atoms with van der Waals surface area (Å²) in [5, 5.41) is 15.3. The molecule has 2 unspecified atom stereocenters. The second-order valence-corrected chi connectivity index (χ2v) is 4.76. The van der Waals surface area contributed by atoms with Crippen LogP contribution >= 0.6 is 11.8 Å². The van der Waals surface area contributed by atoms with E-state index < -0.39 is 0 Å². The van der Waals surface area contributed by atoms with Crippen LogP contribution in [0.25, 0.3) is 0 Å². The van der Waals surface area contributed by atoms with E-state index in [0.717, 1.165) is 13.0 Å². The summed E-state index contributed by atoms with van der Waals surface area (Å²) in [6, 6.07) is 0.264. The minimum absolute atomic E-state index is 0.264. The summed E-state index contributed by atoms with van der Waals surface area (Å²) in [6.07, 6.45) is 3.84. The number of nitrogens with zero attached hydrogens (tertiary/aromatic N) is 1. The van der Waals surface area contributed by atoms with Gasteiger partial charge in [-0.1, -0.05) is 12.1 Å². The maximum atomic E-state index is 8.37. The Kier molecular flexibility index (Phi) is 7.70. The summed E-state index contributed by atoms with van der Waals surface area (Å²) >= 11 is 1.87. The molecule has 2 atom stereocenters. The largest absolute Gasteiger partial charge is 0.409 e. The van der Waals surface area contributed by atoms with Gasteiger partial charge in [0.25, 0.3) is 0 Å². The molecule has 0 aliphatic heterocycles. The molecule has 0 saturated carbocycles. The molecule has 4 nitrogen and oxygen atoms in total. The van der Waals surface area contributed by atoms with Gasteiger partial charge in [0.05, 0.1) is 0 Å². The molecule has 4 N–H and O–H groups in total.